The van der Waals surface area contributed by atoms with Crippen LogP contribution in [0, 0.1) is 35.0 Å². The maximum atomic E-state index is 13.9. The molecule has 0 amide bonds. The van der Waals surface area contributed by atoms with E-state index in [9.17, 15) is 24.9 Å². The second-order valence-electron chi connectivity index (χ2n) is 23.4. The number of Topliss-reactive ketones (excluding diaryl/α,β-unsaturated/α-hetero) is 1. The lowest BCUT2D eigenvalue weighted by Gasteiger charge is -2.52. The number of fused-ring (bicyclic) bond motifs is 2. The van der Waals surface area contributed by atoms with E-state index in [2.05, 4.69) is 82.0 Å². The smallest absolute Gasteiger partial charge is 0.163 e. The third-order valence-electron chi connectivity index (χ3n) is 18.4. The van der Waals surface area contributed by atoms with Crippen LogP contribution in [-0.4, -0.2) is 91.1 Å². The predicted molar refractivity (Wildman–Crippen MR) is 300 cm³/mol. The summed E-state index contributed by atoms with van der Waals surface area (Å²) in [7, 11) is 1.48. The van der Waals surface area contributed by atoms with Gasteiger partial charge in [-0.05, 0) is 213 Å². The van der Waals surface area contributed by atoms with Gasteiger partial charge in [-0.15, -0.1) is 0 Å². The van der Waals surface area contributed by atoms with Crippen LogP contribution in [0.2, 0.25) is 0 Å². The van der Waals surface area contributed by atoms with E-state index in [-0.39, 0.29) is 47.2 Å². The fraction of sp³-hybridized carbons (Fsp3) is 0.562. The van der Waals surface area contributed by atoms with Gasteiger partial charge in [-0.2, -0.15) is 0 Å². The van der Waals surface area contributed by atoms with Crippen LogP contribution < -0.4 is 31.7 Å². The molecule has 0 aromatic heterocycles. The molecule has 3 heterocycles. The molecule has 0 bridgehead atoms. The van der Waals surface area contributed by atoms with Gasteiger partial charge in [0.1, 0.15) is 5.78 Å². The number of nitrogens with two attached hydrogens (primary N) is 1. The fourth-order valence-electron chi connectivity index (χ4n) is 14.5. The van der Waals surface area contributed by atoms with Crippen LogP contribution >= 0.6 is 0 Å². The van der Waals surface area contributed by atoms with Crippen LogP contribution in [-0.2, 0) is 35.3 Å². The van der Waals surface area contributed by atoms with Gasteiger partial charge in [0.05, 0.1) is 32.4 Å². The number of ketones is 2. The fourth-order valence-corrected chi connectivity index (χ4v) is 14.5. The molecule has 3 aromatic carbocycles. The zero-order valence-corrected chi connectivity index (χ0v) is 44.8. The van der Waals surface area contributed by atoms with Crippen molar-refractivity contribution in [2.75, 3.05) is 39.9 Å². The van der Waals surface area contributed by atoms with E-state index < -0.39 is 6.61 Å². The SMILES string of the molecule is COc1cc(C(=CC(=O)CC(=O)CCCC2(CC3C4CCNCC4CC4C=CCNC43)CCC(NCC(O)C3CCCCC3)C2)CO)c(CC2=CNC(N)C=C2CCc2cccc(CCc3ccccc3)c2)cc1O. The van der Waals surface area contributed by atoms with Crippen molar-refractivity contribution in [1.29, 1.82) is 0 Å². The van der Waals surface area contributed by atoms with Crippen molar-refractivity contribution in [2.24, 2.45) is 40.7 Å². The lowest BCUT2D eigenvalue weighted by molar-refractivity contribution is -0.124. The van der Waals surface area contributed by atoms with Gasteiger partial charge in [-0.25, -0.2) is 0 Å². The molecule has 75 heavy (non-hydrogen) atoms. The van der Waals surface area contributed by atoms with Gasteiger partial charge in [0.25, 0.3) is 0 Å². The number of hydrogen-bond acceptors (Lipinski definition) is 11. The van der Waals surface area contributed by atoms with Crippen LogP contribution in [0.15, 0.2) is 108 Å². The molecule has 0 spiro atoms. The molecule has 9 rings (SSSR count). The summed E-state index contributed by atoms with van der Waals surface area (Å²) in [6.45, 7) is 3.31. The average Bonchev–Trinajstić information content (AvgIpc) is 3.84. The molecule has 0 radical (unpaired) electrons. The Morgan fingerprint density at radius 3 is 2.53 bits per heavy atom. The zero-order valence-electron chi connectivity index (χ0n) is 44.8. The Kier molecular flexibility index (Phi) is 19.4. The number of benzene rings is 3. The van der Waals surface area contributed by atoms with E-state index in [1.807, 2.05) is 18.3 Å². The number of phenolic OH excluding ortho intramolecular Hbond substituents is 1. The van der Waals surface area contributed by atoms with Crippen molar-refractivity contribution in [1.82, 2.24) is 21.3 Å². The summed E-state index contributed by atoms with van der Waals surface area (Å²) in [6.07, 6.45) is 28.0. The number of allylic oxidation sites excluding steroid dienone is 3. The monoisotopic (exact) mass is 1020 g/mol. The summed E-state index contributed by atoms with van der Waals surface area (Å²) in [4.78, 5) is 27.7. The number of aliphatic hydroxyl groups excluding tert-OH is 2. The zero-order chi connectivity index (χ0) is 52.2. The summed E-state index contributed by atoms with van der Waals surface area (Å²) in [5, 5.41) is 48.0. The van der Waals surface area contributed by atoms with E-state index in [0.29, 0.717) is 77.8 Å². The molecule has 4 fully saturated rings. The second-order valence-corrected chi connectivity index (χ2v) is 23.4. The van der Waals surface area contributed by atoms with E-state index in [1.165, 1.54) is 62.0 Å². The maximum Gasteiger partial charge on any atom is 0.163 e. The number of carbonyl (C=O) groups excluding carboxylic acids is 2. The second kappa shape index (κ2) is 26.4. The van der Waals surface area contributed by atoms with Gasteiger partial charge < -0.3 is 47.1 Å². The number of aryl methyl sites for hydroxylation is 3. The first-order chi connectivity index (χ1) is 36.5. The molecule has 3 aliphatic heterocycles. The third kappa shape index (κ3) is 14.6. The summed E-state index contributed by atoms with van der Waals surface area (Å²) in [5.41, 5.74) is 14.1. The molecule has 11 nitrogen and oxygen atoms in total. The Balaban J connectivity index is 0.849. The first kappa shape index (κ1) is 54.9. The summed E-state index contributed by atoms with van der Waals surface area (Å²) < 4.78 is 5.54. The quantitative estimate of drug-likeness (QED) is 0.0244. The topological polar surface area (TPSA) is 178 Å². The summed E-state index contributed by atoms with van der Waals surface area (Å²) in [6, 6.07) is 23.5. The number of carbonyl (C=O) groups is 2. The molecule has 9 N–H and O–H groups in total. The number of nitrogens with one attached hydrogen (secondary N) is 4. The highest BCUT2D eigenvalue weighted by molar-refractivity contribution is 6.07. The lowest BCUT2D eigenvalue weighted by Crippen LogP contribution is -2.56. The van der Waals surface area contributed by atoms with Crippen molar-refractivity contribution in [3.63, 3.8) is 0 Å². The standard InChI is InChI=1S/C64H87N5O6/c1-75-61-36-57(49(33-59(61)73)31-50-40-69-62(65)34-47(50)22-21-45-14-8-13-44(29-45)20-19-43-11-4-2-5-12-43)52(42-70)32-55(72)35-54(71)18-9-25-64(26-23-53(37-64)68-41-60(74)46-15-6-3-7-16-46)38-58-56-24-28-66-39-51(56)30-48-17-10-27-67-63(48)58/h2,4-5,8,10-14,17,29,32-34,36,40,46,48,51,53,56,58,60,62-63,66-70,73-74H,3,6-7,9,15-16,18-28,30-31,35,37-39,41-42,65H2,1H3. The van der Waals surface area contributed by atoms with Crippen molar-refractivity contribution in [3.8, 4) is 11.5 Å². The number of hydrogen-bond donors (Lipinski definition) is 8. The molecule has 3 aromatic rings. The van der Waals surface area contributed by atoms with E-state index in [4.69, 9.17) is 10.5 Å². The van der Waals surface area contributed by atoms with Crippen LogP contribution in [0.3, 0.4) is 0 Å². The highest BCUT2D eigenvalue weighted by Gasteiger charge is 2.49. The Morgan fingerprint density at radius 1 is 0.947 bits per heavy atom. The number of rotatable bonds is 24. The highest BCUT2D eigenvalue weighted by Crippen LogP contribution is 2.53. The average molecular weight is 1020 g/mol. The minimum atomic E-state index is -0.437. The molecular formula is C64H87N5O6. The van der Waals surface area contributed by atoms with Gasteiger partial charge in [0.2, 0.25) is 0 Å². The minimum absolute atomic E-state index is 0.0427. The molecule has 9 atom stereocenters. The van der Waals surface area contributed by atoms with Gasteiger partial charge in [0, 0.05) is 37.8 Å². The van der Waals surface area contributed by atoms with Gasteiger partial charge in [-0.3, -0.25) is 9.59 Å². The normalized spacial score (nSPS) is 27.4. The van der Waals surface area contributed by atoms with Crippen LogP contribution in [0.4, 0.5) is 0 Å². The number of aliphatic hydroxyl groups is 2. The molecule has 6 aliphatic rings. The molecule has 11 heteroatoms. The molecule has 3 saturated carbocycles. The number of ether oxygens (including phenoxy) is 1. The van der Waals surface area contributed by atoms with Crippen LogP contribution in [0.5, 0.6) is 11.5 Å². The molecular weight excluding hydrogens is 935 g/mol. The van der Waals surface area contributed by atoms with Crippen molar-refractivity contribution in [3.05, 3.63) is 136 Å². The summed E-state index contributed by atoms with van der Waals surface area (Å²) in [5.74, 6) is 2.62. The van der Waals surface area contributed by atoms with Gasteiger partial charge in [-0.1, -0.05) is 86.0 Å². The maximum absolute atomic E-state index is 13.9. The Bertz CT molecular complexity index is 2510. The van der Waals surface area contributed by atoms with Gasteiger partial charge >= 0.3 is 0 Å². The molecule has 3 aliphatic carbocycles. The number of methoxy groups -OCH3 is 1. The van der Waals surface area contributed by atoms with Crippen molar-refractivity contribution < 1.29 is 29.6 Å². The van der Waals surface area contributed by atoms with Crippen LogP contribution in [0.1, 0.15) is 131 Å². The third-order valence-corrected chi connectivity index (χ3v) is 18.4. The van der Waals surface area contributed by atoms with Crippen molar-refractivity contribution in [2.45, 2.75) is 153 Å². The Hall–Kier alpha value is -4.88. The number of aromatic hydroxyl groups is 1. The van der Waals surface area contributed by atoms with E-state index >= 15 is 0 Å². The first-order valence-corrected chi connectivity index (χ1v) is 28.9. The van der Waals surface area contributed by atoms with Crippen LogP contribution in [0.25, 0.3) is 5.57 Å². The van der Waals surface area contributed by atoms with E-state index in [0.717, 1.165) is 108 Å². The number of phenols is 1. The van der Waals surface area contributed by atoms with Gasteiger partial charge in [0.15, 0.2) is 17.3 Å². The van der Waals surface area contributed by atoms with E-state index in [1.54, 1.807) is 12.1 Å². The highest BCUT2D eigenvalue weighted by atomic mass is 16.5. The Morgan fingerprint density at radius 2 is 1.73 bits per heavy atom. The number of dihydropyridines is 1. The largest absolute Gasteiger partial charge is 0.504 e. The molecule has 9 unspecified atom stereocenters. The molecule has 404 valence electrons. The minimum Gasteiger partial charge on any atom is -0.504 e. The predicted octanol–water partition coefficient (Wildman–Crippen LogP) is 8.98. The number of piperidine rings is 1. The van der Waals surface area contributed by atoms with Crippen molar-refractivity contribution >= 4 is 17.1 Å². The first-order valence-electron chi connectivity index (χ1n) is 28.9. The lowest BCUT2D eigenvalue weighted by atomic mass is 9.57. The molecule has 1 saturated heterocycles. The summed E-state index contributed by atoms with van der Waals surface area (Å²) >= 11 is 0. The Labute approximate surface area is 447 Å².